The second kappa shape index (κ2) is 4.72. The Bertz CT molecular complexity index is 377. The van der Waals surface area contributed by atoms with E-state index >= 15 is 0 Å². The van der Waals surface area contributed by atoms with Gasteiger partial charge >= 0.3 is 0 Å². The van der Waals surface area contributed by atoms with Crippen molar-refractivity contribution < 1.29 is 8.42 Å². The average molecular weight is 242 g/mol. The molecule has 0 bridgehead atoms. The number of sulfone groups is 1. The van der Waals surface area contributed by atoms with Gasteiger partial charge in [-0.25, -0.2) is 8.42 Å². The van der Waals surface area contributed by atoms with Crippen molar-refractivity contribution in [2.75, 3.05) is 11.5 Å². The standard InChI is InChI=1S/C11H18N2O2S/c12-7-9-1-3-10(4-2-9)13-11-5-6-16(14,15)8-11/h9-11,13H,1-6,8H2. The summed E-state index contributed by atoms with van der Waals surface area (Å²) in [5.41, 5.74) is 0. The minimum atomic E-state index is -2.78. The Morgan fingerprint density at radius 2 is 1.75 bits per heavy atom. The van der Waals surface area contributed by atoms with Crippen molar-refractivity contribution in [2.45, 2.75) is 44.2 Å². The second-order valence-corrected chi connectivity index (χ2v) is 7.17. The fourth-order valence-corrected chi connectivity index (χ4v) is 4.34. The van der Waals surface area contributed by atoms with Gasteiger partial charge in [0.2, 0.25) is 0 Å². The summed E-state index contributed by atoms with van der Waals surface area (Å²) >= 11 is 0. The van der Waals surface area contributed by atoms with Crippen LogP contribution < -0.4 is 5.32 Å². The van der Waals surface area contributed by atoms with E-state index in [-0.39, 0.29) is 12.0 Å². The van der Waals surface area contributed by atoms with Crippen LogP contribution in [0, 0.1) is 17.2 Å². The zero-order chi connectivity index (χ0) is 11.6. The minimum Gasteiger partial charge on any atom is -0.310 e. The van der Waals surface area contributed by atoms with E-state index in [1.807, 2.05) is 0 Å². The Morgan fingerprint density at radius 3 is 2.25 bits per heavy atom. The molecule has 2 aliphatic rings. The van der Waals surface area contributed by atoms with Crippen LogP contribution in [0.2, 0.25) is 0 Å². The number of hydrogen-bond acceptors (Lipinski definition) is 4. The van der Waals surface area contributed by atoms with E-state index in [0.717, 1.165) is 32.1 Å². The van der Waals surface area contributed by atoms with Crippen LogP contribution in [0.15, 0.2) is 0 Å². The van der Waals surface area contributed by atoms with Gasteiger partial charge in [0.25, 0.3) is 0 Å². The van der Waals surface area contributed by atoms with Crippen LogP contribution in [-0.2, 0) is 9.84 Å². The van der Waals surface area contributed by atoms with E-state index in [4.69, 9.17) is 5.26 Å². The predicted molar refractivity (Wildman–Crippen MR) is 61.6 cm³/mol. The molecule has 0 aromatic rings. The molecule has 90 valence electrons. The zero-order valence-corrected chi connectivity index (χ0v) is 10.2. The van der Waals surface area contributed by atoms with Crippen molar-refractivity contribution in [1.82, 2.24) is 5.32 Å². The molecule has 5 heteroatoms. The lowest BCUT2D eigenvalue weighted by Gasteiger charge is -2.28. The maximum atomic E-state index is 11.3. The van der Waals surface area contributed by atoms with Crippen LogP contribution >= 0.6 is 0 Å². The predicted octanol–water partition coefficient (Wildman–Crippen LogP) is 0.845. The summed E-state index contributed by atoms with van der Waals surface area (Å²) in [6.07, 6.45) is 4.67. The Hall–Kier alpha value is -0.600. The van der Waals surface area contributed by atoms with Crippen molar-refractivity contribution in [3.8, 4) is 6.07 Å². The van der Waals surface area contributed by atoms with Crippen molar-refractivity contribution in [3.63, 3.8) is 0 Å². The van der Waals surface area contributed by atoms with E-state index in [9.17, 15) is 8.42 Å². The minimum absolute atomic E-state index is 0.147. The lowest BCUT2D eigenvalue weighted by atomic mass is 9.86. The highest BCUT2D eigenvalue weighted by Gasteiger charge is 2.30. The van der Waals surface area contributed by atoms with Gasteiger partial charge in [0.15, 0.2) is 9.84 Å². The molecule has 1 unspecified atom stereocenters. The number of nitriles is 1. The van der Waals surface area contributed by atoms with Gasteiger partial charge in [0.05, 0.1) is 17.6 Å². The molecule has 0 aromatic heterocycles. The van der Waals surface area contributed by atoms with Gasteiger partial charge in [-0.2, -0.15) is 5.26 Å². The first-order chi connectivity index (χ1) is 7.59. The van der Waals surface area contributed by atoms with Gasteiger partial charge in [0.1, 0.15) is 0 Å². The summed E-state index contributed by atoms with van der Waals surface area (Å²) in [5.74, 6) is 0.842. The molecular weight excluding hydrogens is 224 g/mol. The lowest BCUT2D eigenvalue weighted by molar-refractivity contribution is 0.312. The smallest absolute Gasteiger partial charge is 0.151 e. The first-order valence-corrected chi connectivity index (χ1v) is 7.77. The largest absolute Gasteiger partial charge is 0.310 e. The molecule has 0 radical (unpaired) electrons. The van der Waals surface area contributed by atoms with E-state index in [2.05, 4.69) is 11.4 Å². The molecule has 1 aliphatic heterocycles. The van der Waals surface area contributed by atoms with Crippen molar-refractivity contribution in [2.24, 2.45) is 5.92 Å². The second-order valence-electron chi connectivity index (χ2n) is 4.94. The van der Waals surface area contributed by atoms with Gasteiger partial charge in [-0.15, -0.1) is 0 Å². The topological polar surface area (TPSA) is 70.0 Å². The molecular formula is C11H18N2O2S. The summed E-state index contributed by atoms with van der Waals surface area (Å²) in [6.45, 7) is 0. The van der Waals surface area contributed by atoms with Gasteiger partial charge in [-0.1, -0.05) is 0 Å². The maximum Gasteiger partial charge on any atom is 0.151 e. The summed E-state index contributed by atoms with van der Waals surface area (Å²) in [4.78, 5) is 0. The third-order valence-electron chi connectivity index (χ3n) is 3.61. The highest BCUT2D eigenvalue weighted by Crippen LogP contribution is 2.24. The molecule has 0 spiro atoms. The molecule has 2 rings (SSSR count). The van der Waals surface area contributed by atoms with Crippen LogP contribution in [0.3, 0.4) is 0 Å². The third kappa shape index (κ3) is 2.96. The number of nitrogens with zero attached hydrogens (tertiary/aromatic N) is 1. The molecule has 0 amide bonds. The quantitative estimate of drug-likeness (QED) is 0.779. The molecule has 0 aromatic carbocycles. The number of hydrogen-bond donors (Lipinski definition) is 1. The maximum absolute atomic E-state index is 11.3. The molecule has 1 saturated carbocycles. The van der Waals surface area contributed by atoms with Gasteiger partial charge < -0.3 is 5.32 Å². The fraction of sp³-hybridized carbons (Fsp3) is 0.909. The van der Waals surface area contributed by atoms with Crippen LogP contribution in [0.25, 0.3) is 0 Å². The SMILES string of the molecule is N#CC1CCC(NC2CCS(=O)(=O)C2)CC1. The highest BCUT2D eigenvalue weighted by molar-refractivity contribution is 7.91. The van der Waals surface area contributed by atoms with Gasteiger partial charge in [-0.3, -0.25) is 0 Å². The molecule has 1 N–H and O–H groups in total. The summed E-state index contributed by atoms with van der Waals surface area (Å²) in [7, 11) is -2.78. The molecule has 1 saturated heterocycles. The summed E-state index contributed by atoms with van der Waals surface area (Å²) in [6, 6.07) is 2.87. The van der Waals surface area contributed by atoms with Crippen LogP contribution in [0.4, 0.5) is 0 Å². The molecule has 16 heavy (non-hydrogen) atoms. The van der Waals surface area contributed by atoms with Crippen molar-refractivity contribution in [1.29, 1.82) is 5.26 Å². The van der Waals surface area contributed by atoms with Crippen LogP contribution in [-0.4, -0.2) is 32.0 Å². The first kappa shape index (κ1) is 11.9. The molecule has 4 nitrogen and oxygen atoms in total. The summed E-state index contributed by atoms with van der Waals surface area (Å²) in [5, 5.41) is 12.2. The molecule has 1 atom stereocenters. The normalized spacial score (nSPS) is 38.1. The Morgan fingerprint density at radius 1 is 1.06 bits per heavy atom. The van der Waals surface area contributed by atoms with E-state index in [0.29, 0.717) is 17.5 Å². The molecule has 1 heterocycles. The lowest BCUT2D eigenvalue weighted by Crippen LogP contribution is -2.41. The Balaban J connectivity index is 1.78. The Kier molecular flexibility index (Phi) is 3.50. The third-order valence-corrected chi connectivity index (χ3v) is 5.38. The van der Waals surface area contributed by atoms with E-state index in [1.54, 1.807) is 0 Å². The van der Waals surface area contributed by atoms with Crippen molar-refractivity contribution >= 4 is 9.84 Å². The first-order valence-electron chi connectivity index (χ1n) is 5.95. The zero-order valence-electron chi connectivity index (χ0n) is 9.35. The van der Waals surface area contributed by atoms with E-state index < -0.39 is 9.84 Å². The van der Waals surface area contributed by atoms with Crippen LogP contribution in [0.1, 0.15) is 32.1 Å². The fourth-order valence-electron chi connectivity index (χ4n) is 2.65. The number of nitrogens with one attached hydrogen (secondary N) is 1. The highest BCUT2D eigenvalue weighted by atomic mass is 32.2. The summed E-state index contributed by atoms with van der Waals surface area (Å²) < 4.78 is 22.6. The number of rotatable bonds is 2. The van der Waals surface area contributed by atoms with Gasteiger partial charge in [0, 0.05) is 18.0 Å². The molecule has 1 aliphatic carbocycles. The Labute approximate surface area is 96.9 Å². The van der Waals surface area contributed by atoms with Crippen LogP contribution in [0.5, 0.6) is 0 Å². The van der Waals surface area contributed by atoms with Gasteiger partial charge in [-0.05, 0) is 32.1 Å². The van der Waals surface area contributed by atoms with E-state index in [1.165, 1.54) is 0 Å². The average Bonchev–Trinajstić information content (AvgIpc) is 2.59. The molecule has 2 fully saturated rings. The van der Waals surface area contributed by atoms with Crippen molar-refractivity contribution in [3.05, 3.63) is 0 Å². The monoisotopic (exact) mass is 242 g/mol.